The third-order valence-corrected chi connectivity index (χ3v) is 6.65. The number of ether oxygens (including phenoxy) is 1. The lowest BCUT2D eigenvalue weighted by molar-refractivity contribution is -0.136. The van der Waals surface area contributed by atoms with Crippen molar-refractivity contribution in [2.75, 3.05) is 32.8 Å². The van der Waals surface area contributed by atoms with E-state index in [-0.39, 0.29) is 17.5 Å². The molecule has 1 saturated heterocycles. The minimum Gasteiger partial charge on any atom is -0.379 e. The van der Waals surface area contributed by atoms with Crippen LogP contribution in [0.15, 0.2) is 68.4 Å². The number of fused-ring (bicyclic) bond motifs is 3. The quantitative estimate of drug-likeness (QED) is 0.740. The first-order chi connectivity index (χ1) is 13.7. The number of morpholine rings is 1. The molecule has 0 saturated carbocycles. The van der Waals surface area contributed by atoms with Crippen LogP contribution in [0.3, 0.4) is 0 Å². The highest BCUT2D eigenvalue weighted by Gasteiger charge is 2.38. The molecule has 2 heterocycles. The molecule has 6 heteroatoms. The van der Waals surface area contributed by atoms with Gasteiger partial charge in [0.05, 0.1) is 24.6 Å². The molecule has 1 unspecified atom stereocenters. The molecule has 0 bridgehead atoms. The number of hydrogen-bond acceptors (Lipinski definition) is 6. The number of allylic oxidation sites excluding steroid dienone is 5. The van der Waals surface area contributed by atoms with Gasteiger partial charge in [-0.15, -0.1) is 0 Å². The maximum absolute atomic E-state index is 13.0. The summed E-state index contributed by atoms with van der Waals surface area (Å²) in [6, 6.07) is 7.93. The first-order valence-corrected chi connectivity index (χ1v) is 10.4. The van der Waals surface area contributed by atoms with E-state index in [0.717, 1.165) is 59.6 Å². The second kappa shape index (κ2) is 7.28. The van der Waals surface area contributed by atoms with Crippen LogP contribution in [-0.2, 0) is 14.3 Å². The number of aliphatic imine (C=N–C) groups is 1. The van der Waals surface area contributed by atoms with Crippen molar-refractivity contribution in [1.82, 2.24) is 4.90 Å². The maximum atomic E-state index is 13.0. The summed E-state index contributed by atoms with van der Waals surface area (Å²) < 4.78 is 5.39. The summed E-state index contributed by atoms with van der Waals surface area (Å²) in [5, 5.41) is 0. The largest absolute Gasteiger partial charge is 0.379 e. The lowest BCUT2D eigenvalue weighted by Crippen LogP contribution is -2.39. The molecule has 0 aromatic heterocycles. The minimum absolute atomic E-state index is 0.298. The van der Waals surface area contributed by atoms with Gasteiger partial charge in [0.2, 0.25) is 11.6 Å². The van der Waals surface area contributed by atoms with Gasteiger partial charge < -0.3 is 4.74 Å². The second-order valence-electron chi connectivity index (χ2n) is 7.26. The third kappa shape index (κ3) is 3.11. The van der Waals surface area contributed by atoms with Crippen molar-refractivity contribution in [1.29, 1.82) is 0 Å². The Balaban J connectivity index is 1.49. The molecule has 1 fully saturated rings. The summed E-state index contributed by atoms with van der Waals surface area (Å²) in [5.41, 5.74) is 2.99. The van der Waals surface area contributed by atoms with Gasteiger partial charge in [0.1, 0.15) is 0 Å². The van der Waals surface area contributed by atoms with Crippen molar-refractivity contribution in [3.05, 3.63) is 58.5 Å². The number of nitrogens with zero attached hydrogens (tertiary/aromatic N) is 2. The molecule has 5 nitrogen and oxygen atoms in total. The van der Waals surface area contributed by atoms with Crippen molar-refractivity contribution in [2.24, 2.45) is 10.9 Å². The molecule has 0 radical (unpaired) electrons. The maximum Gasteiger partial charge on any atom is 0.231 e. The molecule has 4 aliphatic rings. The second-order valence-corrected chi connectivity index (χ2v) is 8.35. The van der Waals surface area contributed by atoms with Crippen molar-refractivity contribution in [3.8, 4) is 0 Å². The Kier molecular flexibility index (Phi) is 4.62. The fourth-order valence-electron chi connectivity index (χ4n) is 3.88. The van der Waals surface area contributed by atoms with Crippen LogP contribution in [0.2, 0.25) is 0 Å². The van der Waals surface area contributed by atoms with E-state index in [9.17, 15) is 9.59 Å². The molecule has 2 aliphatic carbocycles. The summed E-state index contributed by atoms with van der Waals surface area (Å²) in [5.74, 6) is -1.03. The molecule has 0 amide bonds. The summed E-state index contributed by atoms with van der Waals surface area (Å²) >= 11 is 1.54. The number of hydrogen-bond donors (Lipinski definition) is 0. The minimum atomic E-state index is -0.372. The standard InChI is InChI=1S/C22H20N2O3S/c25-21-14(7-8-24-9-11-27-12-10-24)13-19-20(22(21)26)15-5-6-16(15)23-17-3-1-2-4-18(17)28-19/h1-6,13-14H,7-12H2/b20-15+,23-16?. The summed E-state index contributed by atoms with van der Waals surface area (Å²) in [6.07, 6.45) is 6.45. The number of carbonyl (C=O) groups is 2. The molecule has 0 spiro atoms. The van der Waals surface area contributed by atoms with Crippen molar-refractivity contribution >= 4 is 34.7 Å². The van der Waals surface area contributed by atoms with Gasteiger partial charge in [-0.05, 0) is 37.3 Å². The average Bonchev–Trinajstić information content (AvgIpc) is 2.70. The SMILES string of the molecule is O=C1C(=O)C(CCN2CCOCC2)C=C2Sc3ccccc3N=C3C=C/C3=C\12. The van der Waals surface area contributed by atoms with Crippen molar-refractivity contribution < 1.29 is 14.3 Å². The fraction of sp³-hybridized carbons (Fsp3) is 0.318. The van der Waals surface area contributed by atoms with Crippen molar-refractivity contribution in [2.45, 2.75) is 11.3 Å². The van der Waals surface area contributed by atoms with Gasteiger partial charge >= 0.3 is 0 Å². The van der Waals surface area contributed by atoms with Gasteiger partial charge in [0.25, 0.3) is 0 Å². The van der Waals surface area contributed by atoms with E-state index in [0.29, 0.717) is 12.0 Å². The fourth-order valence-corrected chi connectivity index (χ4v) is 5.02. The first-order valence-electron chi connectivity index (χ1n) is 9.60. The highest BCUT2D eigenvalue weighted by Crippen LogP contribution is 2.45. The summed E-state index contributed by atoms with van der Waals surface area (Å²) in [4.78, 5) is 34.7. The molecule has 0 N–H and O–H groups in total. The summed E-state index contributed by atoms with van der Waals surface area (Å²) in [7, 11) is 0. The number of para-hydroxylation sites is 1. The van der Waals surface area contributed by atoms with E-state index in [1.807, 2.05) is 42.5 Å². The predicted octanol–water partition coefficient (Wildman–Crippen LogP) is 3.11. The van der Waals surface area contributed by atoms with E-state index in [1.54, 1.807) is 11.8 Å². The van der Waals surface area contributed by atoms with Crippen LogP contribution in [0.5, 0.6) is 0 Å². The Morgan fingerprint density at radius 3 is 2.75 bits per heavy atom. The number of ketones is 2. The van der Waals surface area contributed by atoms with Crippen LogP contribution in [0.4, 0.5) is 5.69 Å². The van der Waals surface area contributed by atoms with E-state index in [4.69, 9.17) is 4.74 Å². The molecule has 28 heavy (non-hydrogen) atoms. The smallest absolute Gasteiger partial charge is 0.231 e. The number of benzene rings is 1. The zero-order valence-electron chi connectivity index (χ0n) is 15.4. The molecular formula is C22H20N2O3S. The monoisotopic (exact) mass is 392 g/mol. The molecular weight excluding hydrogens is 372 g/mol. The van der Waals surface area contributed by atoms with E-state index >= 15 is 0 Å². The summed E-state index contributed by atoms with van der Waals surface area (Å²) in [6.45, 7) is 4.03. The Morgan fingerprint density at radius 1 is 1.14 bits per heavy atom. The Morgan fingerprint density at radius 2 is 1.96 bits per heavy atom. The zero-order chi connectivity index (χ0) is 19.1. The van der Waals surface area contributed by atoms with Gasteiger partial charge in [0.15, 0.2) is 0 Å². The molecule has 2 aliphatic heterocycles. The molecule has 142 valence electrons. The Bertz CT molecular complexity index is 983. The first kappa shape index (κ1) is 17.8. The van der Waals surface area contributed by atoms with Crippen molar-refractivity contribution in [3.63, 3.8) is 0 Å². The lowest BCUT2D eigenvalue weighted by atomic mass is 9.82. The number of carbonyl (C=O) groups excluding carboxylic acids is 2. The Hall–Kier alpha value is -2.28. The highest BCUT2D eigenvalue weighted by atomic mass is 32.2. The van der Waals surface area contributed by atoms with Gasteiger partial charge in [-0.1, -0.05) is 30.0 Å². The molecule has 1 aromatic carbocycles. The normalized spacial score (nSPS) is 26.9. The van der Waals surface area contributed by atoms with Gasteiger partial charge in [0, 0.05) is 40.0 Å². The Labute approximate surface area is 167 Å². The van der Waals surface area contributed by atoms with Crippen LogP contribution in [-0.4, -0.2) is 55.0 Å². The number of rotatable bonds is 3. The van der Waals surface area contributed by atoms with Gasteiger partial charge in [-0.3, -0.25) is 14.5 Å². The van der Waals surface area contributed by atoms with Gasteiger partial charge in [-0.25, -0.2) is 4.99 Å². The topological polar surface area (TPSA) is 59.0 Å². The van der Waals surface area contributed by atoms with Gasteiger partial charge in [-0.2, -0.15) is 0 Å². The van der Waals surface area contributed by atoms with Crippen LogP contribution >= 0.6 is 11.8 Å². The molecule has 1 atom stereocenters. The predicted molar refractivity (Wildman–Crippen MR) is 109 cm³/mol. The number of thioether (sulfide) groups is 1. The van der Waals surface area contributed by atoms with E-state index < -0.39 is 0 Å². The highest BCUT2D eigenvalue weighted by molar-refractivity contribution is 8.03. The third-order valence-electron chi connectivity index (χ3n) is 5.53. The van der Waals surface area contributed by atoms with E-state index in [2.05, 4.69) is 9.89 Å². The lowest BCUT2D eigenvalue weighted by Gasteiger charge is -2.30. The van der Waals surface area contributed by atoms with Crippen LogP contribution in [0, 0.1) is 5.92 Å². The molecule has 1 aromatic rings. The van der Waals surface area contributed by atoms with E-state index in [1.165, 1.54) is 0 Å². The number of Topliss-reactive ketones (excluding diaryl/α,β-unsaturated/α-hetero) is 2. The van der Waals surface area contributed by atoms with Crippen LogP contribution in [0.1, 0.15) is 6.42 Å². The van der Waals surface area contributed by atoms with Crippen LogP contribution < -0.4 is 0 Å². The molecule has 5 rings (SSSR count). The zero-order valence-corrected chi connectivity index (χ0v) is 16.2. The van der Waals surface area contributed by atoms with Crippen LogP contribution in [0.25, 0.3) is 0 Å². The average molecular weight is 392 g/mol.